The summed E-state index contributed by atoms with van der Waals surface area (Å²) in [5.74, 6) is -1.97. The van der Waals surface area contributed by atoms with Crippen molar-refractivity contribution in [1.29, 1.82) is 0 Å². The number of rotatable bonds is 11. The summed E-state index contributed by atoms with van der Waals surface area (Å²) in [4.78, 5) is 30.7. The average Bonchev–Trinajstić information content (AvgIpc) is 3.49. The molecule has 0 radical (unpaired) electrons. The van der Waals surface area contributed by atoms with Crippen LogP contribution in [0.1, 0.15) is 80.1 Å². The fourth-order valence-electron chi connectivity index (χ4n) is 5.67. The highest BCUT2D eigenvalue weighted by Gasteiger charge is 2.58. The number of hydrogen-bond donors (Lipinski definition) is 0. The van der Waals surface area contributed by atoms with Crippen LogP contribution in [0.25, 0.3) is 0 Å². The van der Waals surface area contributed by atoms with Crippen molar-refractivity contribution in [3.63, 3.8) is 0 Å². The van der Waals surface area contributed by atoms with Gasteiger partial charge >= 0.3 is 11.9 Å². The average molecular weight is 513 g/mol. The lowest BCUT2D eigenvalue weighted by molar-refractivity contribution is -0.275. The van der Waals surface area contributed by atoms with Gasteiger partial charge in [-0.15, -0.1) is 0 Å². The minimum Gasteiger partial charge on any atom is -0.466 e. The molecule has 2 heterocycles. The van der Waals surface area contributed by atoms with Crippen molar-refractivity contribution < 1.29 is 33.3 Å². The first-order valence-electron chi connectivity index (χ1n) is 14.0. The van der Waals surface area contributed by atoms with Crippen LogP contribution in [0.15, 0.2) is 0 Å². The second-order valence-corrected chi connectivity index (χ2v) is 11.0. The number of carbonyl (C=O) groups excluding carboxylic acids is 2. The molecule has 3 atom stereocenters. The zero-order chi connectivity index (χ0) is 26.3. The Morgan fingerprint density at radius 2 is 1.36 bits per heavy atom. The van der Waals surface area contributed by atoms with Gasteiger partial charge in [-0.1, -0.05) is 0 Å². The molecule has 1 saturated carbocycles. The summed E-state index contributed by atoms with van der Waals surface area (Å²) >= 11 is 0. The smallest absolute Gasteiger partial charge is 0.371 e. The minimum absolute atomic E-state index is 0.107. The Kier molecular flexibility index (Phi) is 10.6. The molecule has 3 aliphatic rings. The summed E-state index contributed by atoms with van der Waals surface area (Å²) in [6.07, 6.45) is 4.31. The van der Waals surface area contributed by atoms with Crippen LogP contribution >= 0.6 is 0 Å². The van der Waals surface area contributed by atoms with Gasteiger partial charge in [0.1, 0.15) is 5.60 Å². The van der Waals surface area contributed by atoms with E-state index in [0.29, 0.717) is 58.6 Å². The van der Waals surface area contributed by atoms with Crippen LogP contribution in [0.4, 0.5) is 0 Å². The van der Waals surface area contributed by atoms with Gasteiger partial charge in [0.25, 0.3) is 5.85 Å². The van der Waals surface area contributed by atoms with Gasteiger partial charge in [0.05, 0.1) is 30.8 Å². The van der Waals surface area contributed by atoms with E-state index in [1.54, 1.807) is 0 Å². The topological polar surface area (TPSA) is 86.8 Å². The van der Waals surface area contributed by atoms with Crippen LogP contribution in [0.3, 0.4) is 0 Å². The minimum atomic E-state index is -1.35. The van der Waals surface area contributed by atoms with Crippen molar-refractivity contribution in [2.45, 2.75) is 110 Å². The largest absolute Gasteiger partial charge is 0.466 e. The highest BCUT2D eigenvalue weighted by molar-refractivity contribution is 5.79. The van der Waals surface area contributed by atoms with Gasteiger partial charge < -0.3 is 23.7 Å². The van der Waals surface area contributed by atoms with Gasteiger partial charge in [-0.3, -0.25) is 9.69 Å². The molecule has 0 aromatic heterocycles. The van der Waals surface area contributed by atoms with Crippen molar-refractivity contribution in [2.24, 2.45) is 5.92 Å². The molecule has 0 aromatic rings. The Labute approximate surface area is 217 Å². The SMILES string of the molecule is CCOC(=O)C1CCC(OC(C(=O)OC(C)(C)C)(N2CCCC2)N2C[C@H](OCC)[C@H](OCC)C2)CC1. The molecule has 2 aliphatic heterocycles. The van der Waals surface area contributed by atoms with Crippen molar-refractivity contribution in [2.75, 3.05) is 46.0 Å². The van der Waals surface area contributed by atoms with E-state index in [2.05, 4.69) is 9.80 Å². The maximum absolute atomic E-state index is 14.1. The molecule has 2 saturated heterocycles. The summed E-state index contributed by atoms with van der Waals surface area (Å²) in [6.45, 7) is 15.5. The predicted molar refractivity (Wildman–Crippen MR) is 135 cm³/mol. The third-order valence-corrected chi connectivity index (χ3v) is 7.23. The lowest BCUT2D eigenvalue weighted by Gasteiger charge is -2.48. The first-order chi connectivity index (χ1) is 17.1. The van der Waals surface area contributed by atoms with Crippen LogP contribution in [-0.2, 0) is 33.3 Å². The molecule has 3 rings (SSSR count). The number of carbonyl (C=O) groups is 2. The Bertz CT molecular complexity index is 699. The second kappa shape index (κ2) is 13.0. The quantitative estimate of drug-likeness (QED) is 0.387. The maximum Gasteiger partial charge on any atom is 0.371 e. The fraction of sp³-hybridized carbons (Fsp3) is 0.926. The van der Waals surface area contributed by atoms with Crippen LogP contribution < -0.4 is 0 Å². The van der Waals surface area contributed by atoms with E-state index in [9.17, 15) is 9.59 Å². The van der Waals surface area contributed by atoms with Crippen molar-refractivity contribution in [3.05, 3.63) is 0 Å². The van der Waals surface area contributed by atoms with E-state index in [1.165, 1.54) is 0 Å². The zero-order valence-corrected chi connectivity index (χ0v) is 23.3. The summed E-state index contributed by atoms with van der Waals surface area (Å²) in [7, 11) is 0. The third-order valence-electron chi connectivity index (χ3n) is 7.23. The number of hydrogen-bond acceptors (Lipinski definition) is 9. The molecule has 3 fully saturated rings. The van der Waals surface area contributed by atoms with E-state index >= 15 is 0 Å². The molecule has 1 unspecified atom stereocenters. The first kappa shape index (κ1) is 29.3. The Morgan fingerprint density at radius 3 is 1.83 bits per heavy atom. The van der Waals surface area contributed by atoms with Crippen LogP contribution in [-0.4, -0.2) is 97.5 Å². The summed E-state index contributed by atoms with van der Waals surface area (Å²) in [5.41, 5.74) is -0.661. The monoisotopic (exact) mass is 512 g/mol. The van der Waals surface area contributed by atoms with E-state index in [1.807, 2.05) is 41.5 Å². The maximum atomic E-state index is 14.1. The number of nitrogens with zero attached hydrogens (tertiary/aromatic N) is 2. The molecule has 0 aromatic carbocycles. The summed E-state index contributed by atoms with van der Waals surface area (Å²) < 4.78 is 30.3. The summed E-state index contributed by atoms with van der Waals surface area (Å²) in [6, 6.07) is 0. The Hall–Kier alpha value is -1.26. The molecular formula is C27H48N2O7. The van der Waals surface area contributed by atoms with Crippen LogP contribution in [0.2, 0.25) is 0 Å². The van der Waals surface area contributed by atoms with E-state index in [0.717, 1.165) is 25.9 Å². The van der Waals surface area contributed by atoms with Crippen LogP contribution in [0, 0.1) is 5.92 Å². The lowest BCUT2D eigenvalue weighted by Crippen LogP contribution is -2.68. The van der Waals surface area contributed by atoms with Gasteiger partial charge in [-0.25, -0.2) is 9.69 Å². The molecule has 0 spiro atoms. The highest BCUT2D eigenvalue weighted by Crippen LogP contribution is 2.38. The highest BCUT2D eigenvalue weighted by atomic mass is 16.6. The molecule has 9 nitrogen and oxygen atoms in total. The number of esters is 2. The van der Waals surface area contributed by atoms with Crippen molar-refractivity contribution in [3.8, 4) is 0 Å². The molecule has 36 heavy (non-hydrogen) atoms. The van der Waals surface area contributed by atoms with Crippen molar-refractivity contribution in [1.82, 2.24) is 9.80 Å². The zero-order valence-electron chi connectivity index (χ0n) is 23.3. The molecule has 1 aliphatic carbocycles. The van der Waals surface area contributed by atoms with Gasteiger partial charge in [0, 0.05) is 39.4 Å². The van der Waals surface area contributed by atoms with E-state index < -0.39 is 11.4 Å². The first-order valence-corrected chi connectivity index (χ1v) is 14.0. The fourth-order valence-corrected chi connectivity index (χ4v) is 5.67. The predicted octanol–water partition coefficient (Wildman–Crippen LogP) is 3.34. The normalized spacial score (nSPS) is 29.7. The second-order valence-electron chi connectivity index (χ2n) is 11.0. The third kappa shape index (κ3) is 6.98. The molecule has 208 valence electrons. The van der Waals surface area contributed by atoms with Gasteiger partial charge in [0.15, 0.2) is 0 Å². The van der Waals surface area contributed by atoms with Gasteiger partial charge in [0.2, 0.25) is 0 Å². The lowest BCUT2D eigenvalue weighted by atomic mass is 9.87. The number of likely N-dealkylation sites (tertiary alicyclic amines) is 2. The van der Waals surface area contributed by atoms with Crippen molar-refractivity contribution >= 4 is 11.9 Å². The molecular weight excluding hydrogens is 464 g/mol. The summed E-state index contributed by atoms with van der Waals surface area (Å²) in [5, 5.41) is 0. The standard InChI is InChI=1S/C27H48N2O7/c1-7-32-22-18-29(19-23(22)33-8-2)27(28-16-10-11-17-28,25(31)36-26(4,5)6)35-21-14-12-20(13-15-21)24(30)34-9-3/h20-23H,7-19H2,1-6H3/t20?,21?,22-,23+,27?. The molecule has 9 heteroatoms. The number of ether oxygens (including phenoxy) is 5. The molecule has 0 bridgehead atoms. The molecule has 0 amide bonds. The van der Waals surface area contributed by atoms with E-state index in [4.69, 9.17) is 23.7 Å². The molecule has 0 N–H and O–H groups in total. The Balaban J connectivity index is 1.90. The van der Waals surface area contributed by atoms with Gasteiger partial charge in [-0.2, -0.15) is 0 Å². The van der Waals surface area contributed by atoms with Crippen LogP contribution in [0.5, 0.6) is 0 Å². The Morgan fingerprint density at radius 1 is 0.806 bits per heavy atom. The van der Waals surface area contributed by atoms with E-state index in [-0.39, 0.29) is 36.2 Å². The van der Waals surface area contributed by atoms with Gasteiger partial charge in [-0.05, 0) is 80.1 Å².